The van der Waals surface area contributed by atoms with Gasteiger partial charge in [-0.05, 0) is 48.9 Å². The van der Waals surface area contributed by atoms with Crippen LogP contribution in [0, 0.1) is 5.82 Å². The highest BCUT2D eigenvalue weighted by Crippen LogP contribution is 2.35. The molecule has 0 bridgehead atoms. The summed E-state index contributed by atoms with van der Waals surface area (Å²) in [6.45, 7) is 2.46. The minimum Gasteiger partial charge on any atom is -0.494 e. The summed E-state index contributed by atoms with van der Waals surface area (Å²) in [7, 11) is 0. The van der Waals surface area contributed by atoms with E-state index in [9.17, 15) is 14.0 Å². The van der Waals surface area contributed by atoms with Gasteiger partial charge in [0.1, 0.15) is 23.4 Å². The van der Waals surface area contributed by atoms with Crippen molar-refractivity contribution in [2.75, 3.05) is 17.2 Å². The second-order valence-electron chi connectivity index (χ2n) is 6.57. The maximum absolute atomic E-state index is 13.2. The van der Waals surface area contributed by atoms with E-state index in [2.05, 4.69) is 15.7 Å². The van der Waals surface area contributed by atoms with E-state index in [1.54, 1.807) is 42.6 Å². The second-order valence-corrected chi connectivity index (χ2v) is 6.57. The van der Waals surface area contributed by atoms with Gasteiger partial charge >= 0.3 is 0 Å². The monoisotopic (exact) mass is 394 g/mol. The molecule has 2 amide bonds. The zero-order chi connectivity index (χ0) is 20.4. The first-order valence-corrected chi connectivity index (χ1v) is 9.22. The molecule has 0 aliphatic carbocycles. The Morgan fingerprint density at radius 1 is 1.21 bits per heavy atom. The lowest BCUT2D eigenvalue weighted by molar-refractivity contribution is -0.123. The van der Waals surface area contributed by atoms with E-state index in [0.29, 0.717) is 23.7 Å². The van der Waals surface area contributed by atoms with Crippen molar-refractivity contribution in [3.63, 3.8) is 0 Å². The summed E-state index contributed by atoms with van der Waals surface area (Å²) >= 11 is 0. The Labute approximate surface area is 166 Å². The number of carbonyl (C=O) groups excluding carboxylic acids is 2. The third-order valence-electron chi connectivity index (χ3n) is 4.62. The Balaban J connectivity index is 1.47. The molecule has 1 unspecified atom stereocenters. The number of rotatable bonds is 6. The molecule has 0 fully saturated rings. The van der Waals surface area contributed by atoms with E-state index in [0.717, 1.165) is 11.3 Å². The Morgan fingerprint density at radius 3 is 2.62 bits per heavy atom. The summed E-state index contributed by atoms with van der Waals surface area (Å²) in [4.78, 5) is 24.8. The van der Waals surface area contributed by atoms with Crippen LogP contribution in [0.1, 0.15) is 19.4 Å². The zero-order valence-electron chi connectivity index (χ0n) is 15.7. The summed E-state index contributed by atoms with van der Waals surface area (Å²) in [5, 5.41) is 9.81. The van der Waals surface area contributed by atoms with Crippen LogP contribution in [0.5, 0.6) is 5.75 Å². The van der Waals surface area contributed by atoms with E-state index in [1.807, 2.05) is 6.92 Å². The fourth-order valence-electron chi connectivity index (χ4n) is 3.24. The fraction of sp³-hybridized carbons (Fsp3) is 0.190. The highest BCUT2D eigenvalue weighted by Gasteiger charge is 2.35. The van der Waals surface area contributed by atoms with E-state index < -0.39 is 6.04 Å². The van der Waals surface area contributed by atoms with Crippen molar-refractivity contribution in [2.24, 2.45) is 0 Å². The van der Waals surface area contributed by atoms with Crippen molar-refractivity contribution in [3.05, 3.63) is 60.5 Å². The molecule has 4 rings (SSSR count). The average Bonchev–Trinajstić information content (AvgIpc) is 3.24. The van der Waals surface area contributed by atoms with Crippen LogP contribution in [-0.4, -0.2) is 28.2 Å². The first-order valence-electron chi connectivity index (χ1n) is 9.22. The summed E-state index contributed by atoms with van der Waals surface area (Å²) in [5.74, 6) is 0.264. The minimum absolute atomic E-state index is 0.0589. The van der Waals surface area contributed by atoms with Crippen LogP contribution in [-0.2, 0) is 9.59 Å². The Morgan fingerprint density at radius 2 is 1.93 bits per heavy atom. The van der Waals surface area contributed by atoms with Crippen LogP contribution >= 0.6 is 0 Å². The van der Waals surface area contributed by atoms with Crippen molar-refractivity contribution in [2.45, 2.75) is 19.4 Å². The van der Waals surface area contributed by atoms with Crippen molar-refractivity contribution in [3.8, 4) is 16.9 Å². The summed E-state index contributed by atoms with van der Waals surface area (Å²) in [6.07, 6.45) is 1.54. The van der Waals surface area contributed by atoms with Gasteiger partial charge in [-0.15, -0.1) is 0 Å². The molecule has 1 atom stereocenters. The quantitative estimate of drug-likeness (QED) is 0.669. The van der Waals surface area contributed by atoms with Crippen LogP contribution in [0.2, 0.25) is 0 Å². The maximum atomic E-state index is 13.2. The van der Waals surface area contributed by atoms with Crippen LogP contribution in [0.15, 0.2) is 54.7 Å². The first-order chi connectivity index (χ1) is 14.0. The topological polar surface area (TPSA) is 85.2 Å². The van der Waals surface area contributed by atoms with E-state index in [4.69, 9.17) is 4.74 Å². The Hall–Kier alpha value is -3.68. The molecule has 0 spiro atoms. The molecule has 7 nitrogen and oxygen atoms in total. The van der Waals surface area contributed by atoms with Crippen LogP contribution in [0.3, 0.4) is 0 Å². The molecule has 0 saturated carbocycles. The number of benzene rings is 2. The van der Waals surface area contributed by atoms with Crippen molar-refractivity contribution >= 4 is 23.3 Å². The van der Waals surface area contributed by atoms with Crippen molar-refractivity contribution in [1.82, 2.24) is 9.78 Å². The summed E-state index contributed by atoms with van der Waals surface area (Å²) < 4.78 is 20.0. The highest BCUT2D eigenvalue weighted by atomic mass is 19.1. The van der Waals surface area contributed by atoms with E-state index in [-0.39, 0.29) is 24.1 Å². The van der Waals surface area contributed by atoms with Crippen molar-refractivity contribution < 1.29 is 18.7 Å². The molecule has 0 radical (unpaired) electrons. The van der Waals surface area contributed by atoms with Crippen molar-refractivity contribution in [1.29, 1.82) is 0 Å². The largest absolute Gasteiger partial charge is 0.494 e. The number of hydrogen-bond donors (Lipinski definition) is 2. The molecule has 2 N–H and O–H groups in total. The molecule has 2 aromatic carbocycles. The molecule has 148 valence electrons. The lowest BCUT2D eigenvalue weighted by Gasteiger charge is -2.10. The first kappa shape index (κ1) is 18.7. The molecule has 3 aromatic rings. The SMILES string of the molecule is CCOc1ccc(NC(=O)CC2C(=O)Nc3c(-c4ccc(F)cc4)cnn32)cc1. The average molecular weight is 394 g/mol. The summed E-state index contributed by atoms with van der Waals surface area (Å²) in [5.41, 5.74) is 2.02. The van der Waals surface area contributed by atoms with Gasteiger partial charge in [-0.1, -0.05) is 12.1 Å². The number of hydrogen-bond acceptors (Lipinski definition) is 4. The number of aromatic nitrogens is 2. The maximum Gasteiger partial charge on any atom is 0.251 e. The van der Waals surface area contributed by atoms with Gasteiger partial charge < -0.3 is 15.4 Å². The summed E-state index contributed by atoms with van der Waals surface area (Å²) in [6, 6.07) is 12.2. The van der Waals surface area contributed by atoms with Crippen LogP contribution < -0.4 is 15.4 Å². The van der Waals surface area contributed by atoms with Gasteiger partial charge in [0.15, 0.2) is 0 Å². The van der Waals surface area contributed by atoms with E-state index in [1.165, 1.54) is 16.8 Å². The fourth-order valence-corrected chi connectivity index (χ4v) is 3.24. The zero-order valence-corrected chi connectivity index (χ0v) is 15.7. The predicted octanol–water partition coefficient (Wildman–Crippen LogP) is 3.61. The number of anilines is 2. The minimum atomic E-state index is -0.748. The number of amides is 2. The number of nitrogens with one attached hydrogen (secondary N) is 2. The lowest BCUT2D eigenvalue weighted by atomic mass is 10.1. The van der Waals surface area contributed by atoms with Crippen LogP contribution in [0.25, 0.3) is 11.1 Å². The molecule has 1 aliphatic rings. The Bertz CT molecular complexity index is 1040. The molecular formula is C21H19FN4O3. The van der Waals surface area contributed by atoms with Crippen LogP contribution in [0.4, 0.5) is 15.9 Å². The molecule has 8 heteroatoms. The van der Waals surface area contributed by atoms with Gasteiger partial charge in [-0.25, -0.2) is 9.07 Å². The smallest absolute Gasteiger partial charge is 0.251 e. The third kappa shape index (κ3) is 3.82. The number of halogens is 1. The van der Waals surface area contributed by atoms with Gasteiger partial charge in [0.2, 0.25) is 5.91 Å². The number of carbonyl (C=O) groups is 2. The third-order valence-corrected chi connectivity index (χ3v) is 4.62. The van der Waals surface area contributed by atoms with Gasteiger partial charge in [0.05, 0.1) is 19.2 Å². The highest BCUT2D eigenvalue weighted by molar-refractivity contribution is 6.04. The molecule has 1 aromatic heterocycles. The second kappa shape index (κ2) is 7.75. The molecule has 1 aliphatic heterocycles. The van der Waals surface area contributed by atoms with E-state index >= 15 is 0 Å². The lowest BCUT2D eigenvalue weighted by Crippen LogP contribution is -2.23. The number of ether oxygens (including phenoxy) is 1. The Kier molecular flexibility index (Phi) is 4.99. The predicted molar refractivity (Wildman–Crippen MR) is 106 cm³/mol. The molecule has 0 saturated heterocycles. The normalized spacial score (nSPS) is 15.0. The van der Waals surface area contributed by atoms with Gasteiger partial charge in [0.25, 0.3) is 5.91 Å². The molecule has 2 heterocycles. The molecular weight excluding hydrogens is 375 g/mol. The molecule has 29 heavy (non-hydrogen) atoms. The standard InChI is InChI=1S/C21H19FN4O3/c1-2-29-16-9-7-15(8-10-16)24-19(27)11-18-21(28)25-20-17(12-23-26(18)20)13-3-5-14(22)6-4-13/h3-10,12,18H,2,11H2,1H3,(H,24,27)(H,25,28). The van der Waals surface area contributed by atoms with Gasteiger partial charge in [-0.2, -0.15) is 5.10 Å². The number of fused-ring (bicyclic) bond motifs is 1. The van der Waals surface area contributed by atoms with Gasteiger partial charge in [-0.3, -0.25) is 9.59 Å². The number of nitrogens with zero attached hydrogens (tertiary/aromatic N) is 2. The van der Waals surface area contributed by atoms with Gasteiger partial charge in [0, 0.05) is 11.3 Å².